The lowest BCUT2D eigenvalue weighted by molar-refractivity contribution is -0.143. The van der Waals surface area contributed by atoms with E-state index in [1.165, 1.54) is 0 Å². The summed E-state index contributed by atoms with van der Waals surface area (Å²) in [6.07, 6.45) is 3.09. The van der Waals surface area contributed by atoms with Crippen LogP contribution in [0.5, 0.6) is 0 Å². The normalized spacial score (nSPS) is 11.7. The average Bonchev–Trinajstić information content (AvgIpc) is 2.71. The van der Waals surface area contributed by atoms with Crippen LogP contribution in [0.3, 0.4) is 0 Å². The van der Waals surface area contributed by atoms with E-state index in [9.17, 15) is 4.79 Å². The quantitative estimate of drug-likeness (QED) is 0.851. The summed E-state index contributed by atoms with van der Waals surface area (Å²) in [5.74, 6) is -0.158. The van der Waals surface area contributed by atoms with E-state index in [2.05, 4.69) is 25.8 Å². The topological polar surface area (TPSA) is 42.1 Å². The van der Waals surface area contributed by atoms with Gasteiger partial charge in [0.05, 0.1) is 13.0 Å². The lowest BCUT2D eigenvalue weighted by Gasteiger charge is -2.17. The molecular formula is C16H21NO2. The fraction of sp³-hybridized carbons (Fsp3) is 0.438. The number of nitrogens with one attached hydrogen (secondary N) is 1. The number of rotatable bonds is 4. The van der Waals surface area contributed by atoms with Gasteiger partial charge in [-0.3, -0.25) is 4.79 Å². The molecule has 0 unspecified atom stereocenters. The number of hydrogen-bond acceptors (Lipinski definition) is 2. The first-order valence-electron chi connectivity index (χ1n) is 6.66. The van der Waals surface area contributed by atoms with Crippen LogP contribution >= 0.6 is 0 Å². The van der Waals surface area contributed by atoms with Gasteiger partial charge in [-0.2, -0.15) is 0 Å². The van der Waals surface area contributed by atoms with Gasteiger partial charge in [0.2, 0.25) is 0 Å². The molecule has 0 aliphatic carbocycles. The number of fused-ring (bicyclic) bond motifs is 1. The molecule has 0 atom stereocenters. The minimum Gasteiger partial charge on any atom is -0.465 e. The third-order valence-corrected chi connectivity index (χ3v) is 3.12. The number of carbonyl (C=O) groups is 1. The third kappa shape index (κ3) is 3.85. The van der Waals surface area contributed by atoms with Crippen LogP contribution in [0.15, 0.2) is 30.5 Å². The van der Waals surface area contributed by atoms with Crippen molar-refractivity contribution in [3.05, 3.63) is 36.0 Å². The number of benzene rings is 1. The number of ether oxygens (including phenoxy) is 1. The predicted molar refractivity (Wildman–Crippen MR) is 77.0 cm³/mol. The molecule has 0 amide bonds. The van der Waals surface area contributed by atoms with Crippen LogP contribution in [0, 0.1) is 5.41 Å². The van der Waals surface area contributed by atoms with Gasteiger partial charge in [-0.25, -0.2) is 0 Å². The summed E-state index contributed by atoms with van der Waals surface area (Å²) in [5.41, 5.74) is 2.25. The van der Waals surface area contributed by atoms with E-state index in [1.807, 2.05) is 30.5 Å². The van der Waals surface area contributed by atoms with Crippen LogP contribution < -0.4 is 0 Å². The van der Waals surface area contributed by atoms with Crippen LogP contribution in [0.4, 0.5) is 0 Å². The SMILES string of the molecule is CC(C)(C)CCOC(=O)Cc1c[nH]c2ccccc12. The van der Waals surface area contributed by atoms with Crippen molar-refractivity contribution in [2.24, 2.45) is 5.41 Å². The van der Waals surface area contributed by atoms with E-state index in [1.54, 1.807) is 0 Å². The van der Waals surface area contributed by atoms with Crippen molar-refractivity contribution in [1.29, 1.82) is 0 Å². The predicted octanol–water partition coefficient (Wildman–Crippen LogP) is 3.69. The lowest BCUT2D eigenvalue weighted by Crippen LogP contribution is -2.14. The van der Waals surface area contributed by atoms with Gasteiger partial charge >= 0.3 is 5.97 Å². The Kier molecular flexibility index (Phi) is 3.93. The van der Waals surface area contributed by atoms with Gasteiger partial charge in [0.15, 0.2) is 0 Å². The third-order valence-electron chi connectivity index (χ3n) is 3.12. The van der Waals surface area contributed by atoms with E-state index in [-0.39, 0.29) is 11.4 Å². The van der Waals surface area contributed by atoms with Crippen LogP contribution in [0.25, 0.3) is 10.9 Å². The Bertz CT molecular complexity index is 563. The average molecular weight is 259 g/mol. The molecule has 1 aromatic heterocycles. The summed E-state index contributed by atoms with van der Waals surface area (Å²) in [6, 6.07) is 7.97. The number of esters is 1. The fourth-order valence-corrected chi connectivity index (χ4v) is 1.96. The zero-order valence-electron chi connectivity index (χ0n) is 11.8. The van der Waals surface area contributed by atoms with E-state index in [4.69, 9.17) is 4.74 Å². The van der Waals surface area contributed by atoms with Gasteiger partial charge in [0.1, 0.15) is 0 Å². The largest absolute Gasteiger partial charge is 0.465 e. The second-order valence-electron chi connectivity index (χ2n) is 6.07. The number of para-hydroxylation sites is 1. The van der Waals surface area contributed by atoms with Crippen molar-refractivity contribution < 1.29 is 9.53 Å². The molecule has 19 heavy (non-hydrogen) atoms. The van der Waals surface area contributed by atoms with E-state index >= 15 is 0 Å². The Morgan fingerprint density at radius 2 is 2.00 bits per heavy atom. The molecule has 0 radical (unpaired) electrons. The number of hydrogen-bond donors (Lipinski definition) is 1. The Morgan fingerprint density at radius 3 is 2.74 bits per heavy atom. The van der Waals surface area contributed by atoms with Crippen molar-refractivity contribution in [3.8, 4) is 0 Å². The highest BCUT2D eigenvalue weighted by atomic mass is 16.5. The molecule has 2 rings (SSSR count). The number of carbonyl (C=O) groups excluding carboxylic acids is 1. The van der Waals surface area contributed by atoms with E-state index in [0.29, 0.717) is 13.0 Å². The molecule has 0 aliphatic heterocycles. The standard InChI is InChI=1S/C16H21NO2/c1-16(2,3)8-9-19-15(18)10-12-11-17-14-7-5-4-6-13(12)14/h4-7,11,17H,8-10H2,1-3H3. The molecular weight excluding hydrogens is 238 g/mol. The van der Waals surface area contributed by atoms with Gasteiger partial charge in [0.25, 0.3) is 0 Å². The molecule has 0 saturated heterocycles. The van der Waals surface area contributed by atoms with Crippen molar-refractivity contribution in [3.63, 3.8) is 0 Å². The summed E-state index contributed by atoms with van der Waals surface area (Å²) in [5, 5.41) is 1.09. The highest BCUT2D eigenvalue weighted by Crippen LogP contribution is 2.20. The molecule has 2 aromatic rings. The summed E-state index contributed by atoms with van der Waals surface area (Å²) < 4.78 is 5.29. The first-order chi connectivity index (χ1) is 8.96. The number of aromatic amines is 1. The monoisotopic (exact) mass is 259 g/mol. The Hall–Kier alpha value is -1.77. The second kappa shape index (κ2) is 5.47. The van der Waals surface area contributed by atoms with Gasteiger partial charge in [-0.1, -0.05) is 39.0 Å². The smallest absolute Gasteiger partial charge is 0.310 e. The maximum atomic E-state index is 11.8. The highest BCUT2D eigenvalue weighted by molar-refractivity contribution is 5.87. The number of H-pyrrole nitrogens is 1. The van der Waals surface area contributed by atoms with Crippen molar-refractivity contribution in [2.75, 3.05) is 6.61 Å². The Morgan fingerprint density at radius 1 is 1.26 bits per heavy atom. The maximum absolute atomic E-state index is 11.8. The lowest BCUT2D eigenvalue weighted by atomic mass is 9.93. The maximum Gasteiger partial charge on any atom is 0.310 e. The van der Waals surface area contributed by atoms with Gasteiger partial charge in [0, 0.05) is 17.1 Å². The molecule has 3 heteroatoms. The summed E-state index contributed by atoms with van der Waals surface area (Å²) >= 11 is 0. The molecule has 0 bridgehead atoms. The molecule has 1 heterocycles. The van der Waals surface area contributed by atoms with Crippen LogP contribution in [0.2, 0.25) is 0 Å². The van der Waals surface area contributed by atoms with Crippen LogP contribution in [-0.4, -0.2) is 17.6 Å². The first kappa shape index (κ1) is 13.7. The first-order valence-corrected chi connectivity index (χ1v) is 6.66. The molecule has 0 fully saturated rings. The minimum atomic E-state index is -0.158. The molecule has 1 N–H and O–H groups in total. The molecule has 3 nitrogen and oxygen atoms in total. The molecule has 1 aromatic carbocycles. The molecule has 0 spiro atoms. The molecule has 102 valence electrons. The Labute approximate surface area is 114 Å². The summed E-state index contributed by atoms with van der Waals surface area (Å²) in [4.78, 5) is 15.0. The second-order valence-corrected chi connectivity index (χ2v) is 6.07. The van der Waals surface area contributed by atoms with Crippen molar-refractivity contribution >= 4 is 16.9 Å². The van der Waals surface area contributed by atoms with Gasteiger partial charge in [-0.15, -0.1) is 0 Å². The molecule has 0 saturated carbocycles. The van der Waals surface area contributed by atoms with Crippen LogP contribution in [-0.2, 0) is 16.0 Å². The fourth-order valence-electron chi connectivity index (χ4n) is 1.96. The Balaban J connectivity index is 1.92. The number of aromatic nitrogens is 1. The van der Waals surface area contributed by atoms with E-state index in [0.717, 1.165) is 22.9 Å². The van der Waals surface area contributed by atoms with Crippen molar-refractivity contribution in [2.45, 2.75) is 33.6 Å². The zero-order chi connectivity index (χ0) is 13.9. The minimum absolute atomic E-state index is 0.158. The van der Waals surface area contributed by atoms with Crippen LogP contribution in [0.1, 0.15) is 32.8 Å². The molecule has 0 aliphatic rings. The summed E-state index contributed by atoms with van der Waals surface area (Å²) in [7, 11) is 0. The van der Waals surface area contributed by atoms with E-state index < -0.39 is 0 Å². The highest BCUT2D eigenvalue weighted by Gasteiger charge is 2.13. The van der Waals surface area contributed by atoms with Crippen molar-refractivity contribution in [1.82, 2.24) is 4.98 Å². The van der Waals surface area contributed by atoms with Gasteiger partial charge in [-0.05, 0) is 23.5 Å². The zero-order valence-corrected chi connectivity index (χ0v) is 11.8. The van der Waals surface area contributed by atoms with Gasteiger partial charge < -0.3 is 9.72 Å². The summed E-state index contributed by atoms with van der Waals surface area (Å²) in [6.45, 7) is 6.91.